The smallest absolute Gasteiger partial charge is 0.333 e. The van der Waals surface area contributed by atoms with Crippen molar-refractivity contribution in [1.82, 2.24) is 4.72 Å². The van der Waals surface area contributed by atoms with E-state index in [1.54, 1.807) is 0 Å². The maximum Gasteiger partial charge on any atom is 0.333 e. The molecule has 17 heavy (non-hydrogen) atoms. The minimum Gasteiger partial charge on any atom is -0.394 e. The Morgan fingerprint density at radius 3 is 2.12 bits per heavy atom. The zero-order chi connectivity index (χ0) is 12.5. The fraction of sp³-hybridized carbons (Fsp3) is 1.00. The first kappa shape index (κ1) is 17.7. The summed E-state index contributed by atoms with van der Waals surface area (Å²) in [6, 6.07) is -1.62. The first-order valence-corrected chi connectivity index (χ1v) is 5.75. The summed E-state index contributed by atoms with van der Waals surface area (Å²) < 4.78 is 35.6. The second-order valence-corrected chi connectivity index (χ2v) is 4.53. The van der Waals surface area contributed by atoms with Gasteiger partial charge in [-0.05, 0) is 0 Å². The van der Waals surface area contributed by atoms with Gasteiger partial charge in [-0.2, -0.15) is 13.1 Å². The predicted molar refractivity (Wildman–Crippen MR) is 54.2 cm³/mol. The van der Waals surface area contributed by atoms with Crippen molar-refractivity contribution in [2.75, 3.05) is 6.61 Å². The van der Waals surface area contributed by atoms with Crippen LogP contribution < -0.4 is 4.72 Å². The summed E-state index contributed by atoms with van der Waals surface area (Å²) in [6.07, 6.45) is -6.34. The van der Waals surface area contributed by atoms with Crippen LogP contribution in [0.15, 0.2) is 0 Å². The van der Waals surface area contributed by atoms with Gasteiger partial charge in [0.2, 0.25) is 0 Å². The Morgan fingerprint density at radius 2 is 1.71 bits per heavy atom. The molecule has 0 saturated carbocycles. The average molecular weight is 282 g/mol. The van der Waals surface area contributed by atoms with Crippen molar-refractivity contribution in [3.8, 4) is 0 Å². The summed E-state index contributed by atoms with van der Waals surface area (Å²) in [5.41, 5.74) is 0. The largest absolute Gasteiger partial charge is 0.394 e. The molecule has 6 N–H and O–H groups in total. The van der Waals surface area contributed by atoms with E-state index in [2.05, 4.69) is 4.74 Å². The Hall–Kier alpha value is 0.670. The van der Waals surface area contributed by atoms with Gasteiger partial charge in [0.15, 0.2) is 6.29 Å². The van der Waals surface area contributed by atoms with Gasteiger partial charge in [0, 0.05) is 29.6 Å². The predicted octanol–water partition coefficient (Wildman–Crippen LogP) is -4.20. The van der Waals surface area contributed by atoms with Crippen molar-refractivity contribution < 1.29 is 38.1 Å². The minimum atomic E-state index is -4.66. The molecule has 0 amide bonds. The van der Waals surface area contributed by atoms with Gasteiger partial charge in [-0.25, -0.2) is 0 Å². The van der Waals surface area contributed by atoms with Gasteiger partial charge in [0.1, 0.15) is 24.4 Å². The molecule has 1 heterocycles. The van der Waals surface area contributed by atoms with E-state index in [1.807, 2.05) is 0 Å². The van der Waals surface area contributed by atoms with E-state index in [0.29, 0.717) is 0 Å². The molecule has 0 unspecified atom stereocenters. The topological polar surface area (TPSA) is 157 Å². The van der Waals surface area contributed by atoms with Gasteiger partial charge >= 0.3 is 10.3 Å². The van der Waals surface area contributed by atoms with E-state index < -0.39 is 47.6 Å². The van der Waals surface area contributed by atoms with Crippen LogP contribution in [0.1, 0.15) is 0 Å². The molecule has 1 rings (SSSR count). The maximum atomic E-state index is 10.5. The van der Waals surface area contributed by atoms with Gasteiger partial charge < -0.3 is 25.2 Å². The zero-order valence-electron chi connectivity index (χ0n) is 8.96. The fourth-order valence-corrected chi connectivity index (χ4v) is 2.00. The monoisotopic (exact) mass is 282 g/mol. The van der Waals surface area contributed by atoms with Crippen LogP contribution >= 0.6 is 0 Å². The van der Waals surface area contributed by atoms with Gasteiger partial charge in [0.05, 0.1) is 6.61 Å². The summed E-state index contributed by atoms with van der Waals surface area (Å²) in [5.74, 6) is 0. The number of ether oxygens (including phenoxy) is 1. The van der Waals surface area contributed by atoms with Gasteiger partial charge in [0.25, 0.3) is 0 Å². The molecule has 1 aliphatic heterocycles. The van der Waals surface area contributed by atoms with Crippen LogP contribution in [0.4, 0.5) is 0 Å². The summed E-state index contributed by atoms with van der Waals surface area (Å²) in [6.45, 7) is -0.659. The Labute approximate surface area is 120 Å². The van der Waals surface area contributed by atoms with Crippen molar-refractivity contribution >= 4 is 39.9 Å². The molecule has 0 aromatic heterocycles. The molecule has 0 aromatic rings. The Bertz CT molecular complexity index is 337. The van der Waals surface area contributed by atoms with Gasteiger partial charge in [-0.3, -0.25) is 4.55 Å². The molecule has 5 atom stereocenters. The molecule has 11 heteroatoms. The van der Waals surface area contributed by atoms with E-state index in [-0.39, 0.29) is 29.6 Å². The molecule has 0 aliphatic carbocycles. The zero-order valence-corrected chi connectivity index (χ0v) is 11.8. The summed E-state index contributed by atoms with van der Waals surface area (Å²) >= 11 is 0. The first-order chi connectivity index (χ1) is 7.26. The summed E-state index contributed by atoms with van der Waals surface area (Å²) in [4.78, 5) is 0. The summed E-state index contributed by atoms with van der Waals surface area (Å²) in [5, 5.41) is 36.8. The molecule has 1 radical (unpaired) electrons. The number of nitrogens with one attached hydrogen (secondary N) is 1. The Balaban J connectivity index is 0.00000256. The molecule has 0 aromatic carbocycles. The Morgan fingerprint density at radius 1 is 1.18 bits per heavy atom. The third-order valence-corrected chi connectivity index (χ3v) is 2.76. The van der Waals surface area contributed by atoms with E-state index >= 15 is 0 Å². The van der Waals surface area contributed by atoms with Crippen molar-refractivity contribution in [3.63, 3.8) is 0 Å². The standard InChI is InChI=1S/C6H13NO8S.Na/c8-1-2-4(9)5(10)3(6(11)15-2)7-16(12,13)14;/h2-11H,1H2,(H,12,13,14);/t2-,3-,4+,5-,6+;/m1./s1. The molecule has 1 saturated heterocycles. The number of aliphatic hydroxyl groups is 4. The summed E-state index contributed by atoms with van der Waals surface area (Å²) in [7, 11) is -4.66. The van der Waals surface area contributed by atoms with Crippen LogP contribution in [0.3, 0.4) is 0 Å². The fourth-order valence-electron chi connectivity index (χ4n) is 1.40. The van der Waals surface area contributed by atoms with Crippen LogP contribution in [-0.4, -0.2) is 100 Å². The van der Waals surface area contributed by atoms with Crippen LogP contribution in [0.5, 0.6) is 0 Å². The quantitative estimate of drug-likeness (QED) is 0.225. The van der Waals surface area contributed by atoms with E-state index in [4.69, 9.17) is 9.66 Å². The van der Waals surface area contributed by atoms with Crippen molar-refractivity contribution in [3.05, 3.63) is 0 Å². The van der Waals surface area contributed by atoms with Crippen molar-refractivity contribution in [2.45, 2.75) is 30.6 Å². The van der Waals surface area contributed by atoms with Crippen LogP contribution in [-0.2, 0) is 15.0 Å². The number of hydrogen-bond donors (Lipinski definition) is 6. The van der Waals surface area contributed by atoms with Crippen LogP contribution in [0.2, 0.25) is 0 Å². The molecule has 9 nitrogen and oxygen atoms in total. The molecule has 1 aliphatic rings. The minimum absolute atomic E-state index is 0. The number of hydrogen-bond acceptors (Lipinski definition) is 7. The molecule has 1 fully saturated rings. The molecular formula is C6H13NNaO8S. The van der Waals surface area contributed by atoms with E-state index in [9.17, 15) is 23.7 Å². The molecule has 0 bridgehead atoms. The van der Waals surface area contributed by atoms with E-state index in [1.165, 1.54) is 4.72 Å². The van der Waals surface area contributed by atoms with Gasteiger partial charge in [-0.1, -0.05) is 0 Å². The first-order valence-electron chi connectivity index (χ1n) is 4.31. The third kappa shape index (κ3) is 4.69. The normalized spacial score (nSPS) is 38.5. The Kier molecular flexibility index (Phi) is 6.99. The van der Waals surface area contributed by atoms with Crippen molar-refractivity contribution in [2.24, 2.45) is 0 Å². The van der Waals surface area contributed by atoms with Gasteiger partial charge in [-0.15, -0.1) is 0 Å². The molecular weight excluding hydrogens is 269 g/mol. The second-order valence-electron chi connectivity index (χ2n) is 3.35. The number of aliphatic hydroxyl groups excluding tert-OH is 4. The van der Waals surface area contributed by atoms with Crippen molar-refractivity contribution in [1.29, 1.82) is 0 Å². The van der Waals surface area contributed by atoms with E-state index in [0.717, 1.165) is 0 Å². The second kappa shape index (κ2) is 6.73. The third-order valence-electron chi connectivity index (χ3n) is 2.19. The SMILES string of the molecule is O=S(=O)(O)N[C@@H]1[C@@H](O)[C@@H](O)[C@@H](CO)O[C@@H]1O.[Na]. The molecule has 97 valence electrons. The number of rotatable bonds is 3. The average Bonchev–Trinajstić information content (AvgIpc) is 2.17. The van der Waals surface area contributed by atoms with Crippen LogP contribution in [0.25, 0.3) is 0 Å². The maximum absolute atomic E-state index is 10.5. The van der Waals surface area contributed by atoms with Crippen LogP contribution in [0, 0.1) is 0 Å². The molecule has 0 spiro atoms.